The third kappa shape index (κ3) is 2.57. The highest BCUT2D eigenvalue weighted by Crippen LogP contribution is 2.24. The second kappa shape index (κ2) is 4.73. The number of carbonyl (C=O) groups excluding carboxylic acids is 1. The summed E-state index contributed by atoms with van der Waals surface area (Å²) in [5.74, 6) is 0.244. The van der Waals surface area contributed by atoms with Crippen molar-refractivity contribution in [1.82, 2.24) is 10.3 Å². The summed E-state index contributed by atoms with van der Waals surface area (Å²) >= 11 is 0. The molecule has 1 amide bonds. The number of nitrogens with one attached hydrogen (secondary N) is 2. The normalized spacial score (nSPS) is 23.6. The van der Waals surface area contributed by atoms with Gasteiger partial charge in [-0.2, -0.15) is 0 Å². The van der Waals surface area contributed by atoms with Crippen molar-refractivity contribution in [2.24, 2.45) is 5.92 Å². The Balaban J connectivity index is 2.12. The molecular weight excluding hydrogens is 216 g/mol. The van der Waals surface area contributed by atoms with Gasteiger partial charge in [0.05, 0.1) is 0 Å². The van der Waals surface area contributed by atoms with Gasteiger partial charge in [-0.05, 0) is 25.7 Å². The fraction of sp³-hybridized carbons (Fsp3) is 0.538. The van der Waals surface area contributed by atoms with Crippen LogP contribution in [-0.2, 0) is 0 Å². The van der Waals surface area contributed by atoms with Crippen LogP contribution in [-0.4, -0.2) is 16.9 Å². The number of aromatic amines is 1. The van der Waals surface area contributed by atoms with Crippen LogP contribution >= 0.6 is 0 Å². The molecule has 1 heterocycles. The molecule has 0 spiro atoms. The van der Waals surface area contributed by atoms with E-state index < -0.39 is 0 Å². The van der Waals surface area contributed by atoms with Gasteiger partial charge in [0.15, 0.2) is 5.43 Å². The Morgan fingerprint density at radius 1 is 1.47 bits per heavy atom. The van der Waals surface area contributed by atoms with Crippen LogP contribution in [0.3, 0.4) is 0 Å². The number of hydrogen-bond donors (Lipinski definition) is 2. The molecule has 0 saturated heterocycles. The molecule has 92 valence electrons. The molecule has 0 aliphatic heterocycles. The van der Waals surface area contributed by atoms with Crippen molar-refractivity contribution in [2.45, 2.75) is 39.2 Å². The van der Waals surface area contributed by atoms with Crippen molar-refractivity contribution >= 4 is 5.91 Å². The van der Waals surface area contributed by atoms with E-state index in [-0.39, 0.29) is 22.9 Å². The Kier molecular flexibility index (Phi) is 3.31. The fourth-order valence-electron chi connectivity index (χ4n) is 2.36. The van der Waals surface area contributed by atoms with Gasteiger partial charge in [-0.3, -0.25) is 9.59 Å². The molecule has 1 saturated carbocycles. The van der Waals surface area contributed by atoms with Crippen molar-refractivity contribution in [3.8, 4) is 0 Å². The predicted octanol–water partition coefficient (Wildman–Crippen LogP) is 1.60. The van der Waals surface area contributed by atoms with Crippen LogP contribution in [0.2, 0.25) is 0 Å². The lowest BCUT2D eigenvalue weighted by molar-refractivity contribution is 0.0928. The maximum atomic E-state index is 11.9. The standard InChI is InChI=1S/C13H18N2O2/c1-8-4-3-5-11(8)15-13(17)10-7-14-9(2)6-12(10)16/h6-8,11H,3-5H2,1-2H3,(H,14,16)(H,15,17). The molecular formula is C13H18N2O2. The average Bonchev–Trinajstić information content (AvgIpc) is 2.64. The predicted molar refractivity (Wildman–Crippen MR) is 66.1 cm³/mol. The maximum Gasteiger partial charge on any atom is 0.256 e. The molecule has 2 N–H and O–H groups in total. The zero-order valence-corrected chi connectivity index (χ0v) is 10.2. The number of aromatic nitrogens is 1. The molecule has 4 heteroatoms. The Hall–Kier alpha value is -1.58. The van der Waals surface area contributed by atoms with Crippen LogP contribution in [0.25, 0.3) is 0 Å². The van der Waals surface area contributed by atoms with E-state index in [1.54, 1.807) is 6.92 Å². The largest absolute Gasteiger partial charge is 0.364 e. The van der Waals surface area contributed by atoms with Crippen LogP contribution in [0, 0.1) is 12.8 Å². The van der Waals surface area contributed by atoms with Gasteiger partial charge in [0.2, 0.25) is 0 Å². The monoisotopic (exact) mass is 234 g/mol. The lowest BCUT2D eigenvalue weighted by Crippen LogP contribution is -2.38. The average molecular weight is 234 g/mol. The van der Waals surface area contributed by atoms with E-state index in [1.807, 2.05) is 0 Å². The lowest BCUT2D eigenvalue weighted by atomic mass is 10.1. The first-order valence-corrected chi connectivity index (χ1v) is 6.08. The zero-order valence-electron chi connectivity index (χ0n) is 10.2. The third-order valence-electron chi connectivity index (χ3n) is 3.48. The minimum Gasteiger partial charge on any atom is -0.364 e. The second-order valence-corrected chi connectivity index (χ2v) is 4.88. The SMILES string of the molecule is Cc1cc(=O)c(C(=O)NC2CCCC2C)c[nH]1. The summed E-state index contributed by atoms with van der Waals surface area (Å²) in [6, 6.07) is 1.66. The molecule has 1 aromatic rings. The minimum atomic E-state index is -0.259. The van der Waals surface area contributed by atoms with Crippen LogP contribution < -0.4 is 10.7 Å². The molecule has 0 radical (unpaired) electrons. The van der Waals surface area contributed by atoms with E-state index in [0.29, 0.717) is 5.92 Å². The quantitative estimate of drug-likeness (QED) is 0.816. The molecule has 1 aromatic heterocycles. The summed E-state index contributed by atoms with van der Waals surface area (Å²) in [7, 11) is 0. The Morgan fingerprint density at radius 2 is 2.24 bits per heavy atom. The molecule has 2 atom stereocenters. The number of pyridine rings is 1. The highest BCUT2D eigenvalue weighted by molar-refractivity contribution is 5.94. The molecule has 1 fully saturated rings. The van der Waals surface area contributed by atoms with Gasteiger partial charge in [0.25, 0.3) is 5.91 Å². The van der Waals surface area contributed by atoms with Crippen molar-refractivity contribution in [2.75, 3.05) is 0 Å². The van der Waals surface area contributed by atoms with Gasteiger partial charge in [0, 0.05) is 24.0 Å². The van der Waals surface area contributed by atoms with Crippen molar-refractivity contribution < 1.29 is 4.79 Å². The number of rotatable bonds is 2. The first-order valence-electron chi connectivity index (χ1n) is 6.08. The molecule has 0 aromatic carbocycles. The highest BCUT2D eigenvalue weighted by Gasteiger charge is 2.25. The van der Waals surface area contributed by atoms with Gasteiger partial charge in [-0.25, -0.2) is 0 Å². The van der Waals surface area contributed by atoms with E-state index in [2.05, 4.69) is 17.2 Å². The fourth-order valence-corrected chi connectivity index (χ4v) is 2.36. The molecule has 2 rings (SSSR count). The van der Waals surface area contributed by atoms with Gasteiger partial charge >= 0.3 is 0 Å². The summed E-state index contributed by atoms with van der Waals surface area (Å²) in [6.45, 7) is 3.93. The van der Waals surface area contributed by atoms with Gasteiger partial charge < -0.3 is 10.3 Å². The molecule has 2 unspecified atom stereocenters. The number of aryl methyl sites for hydroxylation is 1. The van der Waals surface area contributed by atoms with Crippen LogP contribution in [0.15, 0.2) is 17.1 Å². The first kappa shape index (κ1) is 11.9. The van der Waals surface area contributed by atoms with E-state index in [0.717, 1.165) is 25.0 Å². The van der Waals surface area contributed by atoms with Gasteiger partial charge in [0.1, 0.15) is 5.56 Å². The molecule has 1 aliphatic rings. The smallest absolute Gasteiger partial charge is 0.256 e. The number of amides is 1. The molecule has 0 bridgehead atoms. The lowest BCUT2D eigenvalue weighted by Gasteiger charge is -2.16. The van der Waals surface area contributed by atoms with E-state index in [1.165, 1.54) is 12.3 Å². The second-order valence-electron chi connectivity index (χ2n) is 4.88. The van der Waals surface area contributed by atoms with Crippen LogP contribution in [0.4, 0.5) is 0 Å². The van der Waals surface area contributed by atoms with Gasteiger partial charge in [-0.15, -0.1) is 0 Å². The van der Waals surface area contributed by atoms with Crippen LogP contribution in [0.5, 0.6) is 0 Å². The van der Waals surface area contributed by atoms with E-state index >= 15 is 0 Å². The topological polar surface area (TPSA) is 62.0 Å². The minimum absolute atomic E-state index is 0.203. The highest BCUT2D eigenvalue weighted by atomic mass is 16.2. The molecule has 4 nitrogen and oxygen atoms in total. The molecule has 1 aliphatic carbocycles. The van der Waals surface area contributed by atoms with Gasteiger partial charge in [-0.1, -0.05) is 13.3 Å². The summed E-state index contributed by atoms with van der Waals surface area (Å²) in [4.78, 5) is 26.5. The first-order chi connectivity index (χ1) is 8.08. The van der Waals surface area contributed by atoms with E-state index in [4.69, 9.17) is 0 Å². The summed E-state index contributed by atoms with van der Waals surface area (Å²) in [5.41, 5.74) is 0.750. The summed E-state index contributed by atoms with van der Waals surface area (Å²) in [6.07, 6.45) is 4.80. The summed E-state index contributed by atoms with van der Waals surface area (Å²) < 4.78 is 0. The van der Waals surface area contributed by atoms with E-state index in [9.17, 15) is 9.59 Å². The summed E-state index contributed by atoms with van der Waals surface area (Å²) in [5, 5.41) is 2.95. The number of carbonyl (C=O) groups is 1. The van der Waals surface area contributed by atoms with Crippen LogP contribution in [0.1, 0.15) is 42.2 Å². The van der Waals surface area contributed by atoms with Crippen molar-refractivity contribution in [1.29, 1.82) is 0 Å². The Labute approximate surface area is 100 Å². The maximum absolute atomic E-state index is 11.9. The molecule has 17 heavy (non-hydrogen) atoms. The Morgan fingerprint density at radius 3 is 2.82 bits per heavy atom. The van der Waals surface area contributed by atoms with Crippen molar-refractivity contribution in [3.05, 3.63) is 33.7 Å². The number of H-pyrrole nitrogens is 1. The number of hydrogen-bond acceptors (Lipinski definition) is 2. The third-order valence-corrected chi connectivity index (χ3v) is 3.48. The zero-order chi connectivity index (χ0) is 12.4. The van der Waals surface area contributed by atoms with Crippen molar-refractivity contribution in [3.63, 3.8) is 0 Å². The Bertz CT molecular complexity index is 479.